The van der Waals surface area contributed by atoms with Crippen LogP contribution in [0.1, 0.15) is 12.8 Å². The van der Waals surface area contributed by atoms with E-state index in [0.29, 0.717) is 31.4 Å². The Bertz CT molecular complexity index is 741. The van der Waals surface area contributed by atoms with Crippen LogP contribution in [-0.2, 0) is 6.42 Å². The molecule has 0 saturated carbocycles. The van der Waals surface area contributed by atoms with E-state index in [-0.39, 0.29) is 0 Å². The Hall–Kier alpha value is -2.82. The zero-order chi connectivity index (χ0) is 15.9. The lowest BCUT2D eigenvalue weighted by molar-refractivity contribution is 0.341. The van der Waals surface area contributed by atoms with Gasteiger partial charge in [-0.2, -0.15) is 0 Å². The summed E-state index contributed by atoms with van der Waals surface area (Å²) in [6.45, 7) is 3.31. The molecule has 2 aromatic carbocycles. The fraction of sp³-hybridized carbons (Fsp3) is 0.222. The molecular formula is C18H19N3O2. The van der Waals surface area contributed by atoms with Crippen molar-refractivity contribution in [1.29, 1.82) is 0 Å². The average Bonchev–Trinajstić information content (AvgIpc) is 3.06. The van der Waals surface area contributed by atoms with E-state index >= 15 is 0 Å². The molecule has 0 fully saturated rings. The monoisotopic (exact) mass is 309 g/mol. The van der Waals surface area contributed by atoms with E-state index in [0.717, 1.165) is 17.0 Å². The fourth-order valence-electron chi connectivity index (χ4n) is 2.25. The summed E-state index contributed by atoms with van der Waals surface area (Å²) in [5.74, 6) is 2.02. The van der Waals surface area contributed by atoms with Gasteiger partial charge >= 0.3 is 0 Å². The maximum atomic E-state index is 5.69. The Balaban J connectivity index is 1.59. The molecule has 1 N–H and O–H groups in total. The predicted molar refractivity (Wildman–Crippen MR) is 89.5 cm³/mol. The number of nitrogens with zero attached hydrogens (tertiary/aromatic N) is 2. The van der Waals surface area contributed by atoms with Crippen LogP contribution in [0.5, 0.6) is 5.75 Å². The molecule has 0 aliphatic rings. The largest absolute Gasteiger partial charge is 0.492 e. The number of benzene rings is 2. The normalized spacial score (nSPS) is 10.5. The maximum Gasteiger partial charge on any atom is 0.247 e. The lowest BCUT2D eigenvalue weighted by atomic mass is 10.2. The highest BCUT2D eigenvalue weighted by Crippen LogP contribution is 2.23. The lowest BCUT2D eigenvalue weighted by Crippen LogP contribution is -2.07. The quantitative estimate of drug-likeness (QED) is 0.719. The van der Waals surface area contributed by atoms with Gasteiger partial charge in [-0.1, -0.05) is 30.3 Å². The molecular weight excluding hydrogens is 290 g/mol. The number of hydrogen-bond donors (Lipinski definition) is 1. The van der Waals surface area contributed by atoms with Crippen LogP contribution in [0.4, 0.5) is 5.69 Å². The minimum atomic E-state index is 0.551. The zero-order valence-corrected chi connectivity index (χ0v) is 13.0. The van der Waals surface area contributed by atoms with Gasteiger partial charge in [-0.05, 0) is 31.2 Å². The molecule has 23 heavy (non-hydrogen) atoms. The summed E-state index contributed by atoms with van der Waals surface area (Å²) in [6, 6.07) is 17.6. The van der Waals surface area contributed by atoms with Gasteiger partial charge in [0.1, 0.15) is 5.75 Å². The van der Waals surface area contributed by atoms with E-state index in [9.17, 15) is 0 Å². The highest BCUT2D eigenvalue weighted by Gasteiger charge is 2.08. The molecule has 0 spiro atoms. The van der Waals surface area contributed by atoms with Gasteiger partial charge in [0.2, 0.25) is 11.8 Å². The van der Waals surface area contributed by atoms with Gasteiger partial charge in [-0.25, -0.2) is 0 Å². The molecule has 0 bridgehead atoms. The number of hydrogen-bond acceptors (Lipinski definition) is 5. The summed E-state index contributed by atoms with van der Waals surface area (Å²) in [4.78, 5) is 0. The van der Waals surface area contributed by atoms with Crippen LogP contribution in [0.15, 0.2) is 59.0 Å². The molecule has 0 aliphatic carbocycles. The highest BCUT2D eigenvalue weighted by atomic mass is 16.5. The van der Waals surface area contributed by atoms with Crippen molar-refractivity contribution < 1.29 is 9.15 Å². The molecule has 5 nitrogen and oxygen atoms in total. The van der Waals surface area contributed by atoms with E-state index < -0.39 is 0 Å². The Labute approximate surface area is 135 Å². The van der Waals surface area contributed by atoms with Gasteiger partial charge in [0.15, 0.2) is 0 Å². The predicted octanol–water partition coefficient (Wildman–Crippen LogP) is 3.79. The number of rotatable bonds is 7. The first kappa shape index (κ1) is 15.1. The van der Waals surface area contributed by atoms with E-state index in [1.807, 2.05) is 61.5 Å². The Kier molecular flexibility index (Phi) is 4.88. The number of ether oxygens (including phenoxy) is 1. The summed E-state index contributed by atoms with van der Waals surface area (Å²) in [5, 5.41) is 11.5. The zero-order valence-electron chi connectivity index (χ0n) is 13.0. The highest BCUT2D eigenvalue weighted by molar-refractivity contribution is 5.56. The molecule has 3 rings (SSSR count). The second-order valence-corrected chi connectivity index (χ2v) is 4.97. The summed E-state index contributed by atoms with van der Waals surface area (Å²) >= 11 is 0. The first-order valence-electron chi connectivity index (χ1n) is 7.70. The summed E-state index contributed by atoms with van der Waals surface area (Å²) in [5.41, 5.74) is 1.90. The van der Waals surface area contributed by atoms with Crippen molar-refractivity contribution in [3.8, 4) is 17.2 Å². The Morgan fingerprint density at radius 2 is 1.78 bits per heavy atom. The smallest absolute Gasteiger partial charge is 0.247 e. The Morgan fingerprint density at radius 3 is 2.61 bits per heavy atom. The Morgan fingerprint density at radius 1 is 1.00 bits per heavy atom. The number of nitrogens with one attached hydrogen (secondary N) is 1. The van der Waals surface area contributed by atoms with E-state index in [1.165, 1.54) is 0 Å². The molecule has 0 unspecified atom stereocenters. The molecule has 0 radical (unpaired) electrons. The number of para-hydroxylation sites is 2. The van der Waals surface area contributed by atoms with Gasteiger partial charge in [-0.15, -0.1) is 10.2 Å². The van der Waals surface area contributed by atoms with Crippen LogP contribution in [0, 0.1) is 0 Å². The molecule has 0 atom stereocenters. The molecule has 5 heteroatoms. The first-order valence-corrected chi connectivity index (χ1v) is 7.70. The van der Waals surface area contributed by atoms with Crippen molar-refractivity contribution in [2.45, 2.75) is 13.3 Å². The number of anilines is 1. The van der Waals surface area contributed by atoms with E-state index in [4.69, 9.17) is 9.15 Å². The summed E-state index contributed by atoms with van der Waals surface area (Å²) in [6.07, 6.45) is 0.653. The van der Waals surface area contributed by atoms with Crippen LogP contribution >= 0.6 is 0 Å². The van der Waals surface area contributed by atoms with Crippen molar-refractivity contribution >= 4 is 5.69 Å². The third kappa shape index (κ3) is 3.88. The van der Waals surface area contributed by atoms with Gasteiger partial charge in [0.25, 0.3) is 0 Å². The van der Waals surface area contributed by atoms with Crippen molar-refractivity contribution in [1.82, 2.24) is 10.2 Å². The average molecular weight is 309 g/mol. The standard InChI is InChI=1S/C18H19N3O2/c1-2-22-16-11-7-6-10-15(16)19-13-12-17-20-21-18(23-17)14-8-4-3-5-9-14/h3-11,19H,2,12-13H2,1H3. The van der Waals surface area contributed by atoms with Gasteiger partial charge < -0.3 is 14.5 Å². The van der Waals surface area contributed by atoms with Gasteiger partial charge in [0, 0.05) is 18.5 Å². The van der Waals surface area contributed by atoms with Crippen LogP contribution in [0.3, 0.4) is 0 Å². The molecule has 0 saturated heterocycles. The van der Waals surface area contributed by atoms with E-state index in [2.05, 4.69) is 15.5 Å². The minimum Gasteiger partial charge on any atom is -0.492 e. The molecule has 1 heterocycles. The summed E-state index contributed by atoms with van der Waals surface area (Å²) in [7, 11) is 0. The molecule has 0 amide bonds. The van der Waals surface area contributed by atoms with E-state index in [1.54, 1.807) is 0 Å². The van der Waals surface area contributed by atoms with Crippen molar-refractivity contribution in [2.75, 3.05) is 18.5 Å². The van der Waals surface area contributed by atoms with Gasteiger partial charge in [-0.3, -0.25) is 0 Å². The van der Waals surface area contributed by atoms with Crippen LogP contribution in [0.25, 0.3) is 11.5 Å². The molecule has 1 aromatic heterocycles. The SMILES string of the molecule is CCOc1ccccc1NCCc1nnc(-c2ccccc2)o1. The third-order valence-corrected chi connectivity index (χ3v) is 3.33. The van der Waals surface area contributed by atoms with Crippen molar-refractivity contribution in [2.24, 2.45) is 0 Å². The topological polar surface area (TPSA) is 60.2 Å². The first-order chi connectivity index (χ1) is 11.4. The van der Waals surface area contributed by atoms with Crippen LogP contribution < -0.4 is 10.1 Å². The second-order valence-electron chi connectivity index (χ2n) is 4.97. The minimum absolute atomic E-state index is 0.551. The maximum absolute atomic E-state index is 5.69. The summed E-state index contributed by atoms with van der Waals surface area (Å²) < 4.78 is 11.3. The molecule has 3 aromatic rings. The lowest BCUT2D eigenvalue weighted by Gasteiger charge is -2.11. The molecule has 118 valence electrons. The second kappa shape index (κ2) is 7.45. The van der Waals surface area contributed by atoms with Crippen molar-refractivity contribution in [3.05, 3.63) is 60.5 Å². The fourth-order valence-corrected chi connectivity index (χ4v) is 2.25. The van der Waals surface area contributed by atoms with Crippen molar-refractivity contribution in [3.63, 3.8) is 0 Å². The molecule has 0 aliphatic heterocycles. The number of aromatic nitrogens is 2. The van der Waals surface area contributed by atoms with Crippen LogP contribution in [-0.4, -0.2) is 23.3 Å². The van der Waals surface area contributed by atoms with Gasteiger partial charge in [0.05, 0.1) is 12.3 Å². The third-order valence-electron chi connectivity index (χ3n) is 3.33. The van der Waals surface area contributed by atoms with Crippen LogP contribution in [0.2, 0.25) is 0 Å².